The highest BCUT2D eigenvalue weighted by Gasteiger charge is 1.92. The van der Waals surface area contributed by atoms with Gasteiger partial charge in [0.05, 0.1) is 0 Å². The Balaban J connectivity index is 2.82. The molecule has 0 aliphatic carbocycles. The molecule has 0 saturated carbocycles. The molecule has 0 aliphatic heterocycles. The number of carboxylic acids is 1. The average molecular weight is 107 g/mol. The van der Waals surface area contributed by atoms with Crippen molar-refractivity contribution in [3.63, 3.8) is 0 Å². The molecule has 0 amide bonds. The second kappa shape index (κ2) is 3.54. The largest absolute Gasteiger partial charge is 0.479 e. The molecule has 0 bridgehead atoms. The molecule has 7 heavy (non-hydrogen) atoms. The highest BCUT2D eigenvalue weighted by molar-refractivity contribution is 5.67. The van der Waals surface area contributed by atoms with Gasteiger partial charge in [-0.2, -0.15) is 5.90 Å². The molecule has 0 aliphatic rings. The summed E-state index contributed by atoms with van der Waals surface area (Å²) in [5.41, 5.74) is 0. The Morgan fingerprint density at radius 2 is 2.43 bits per heavy atom. The summed E-state index contributed by atoms with van der Waals surface area (Å²) in [5, 5.41) is 7.78. The highest BCUT2D eigenvalue weighted by Crippen LogP contribution is 1.67. The molecule has 42 valence electrons. The van der Waals surface area contributed by atoms with Crippen LogP contribution in [-0.4, -0.2) is 17.7 Å². The summed E-state index contributed by atoms with van der Waals surface area (Å²) in [6, 6.07) is 0. The van der Waals surface area contributed by atoms with Crippen molar-refractivity contribution in [1.29, 1.82) is 0 Å². The van der Waals surface area contributed by atoms with Gasteiger partial charge in [0.1, 0.15) is 0 Å². The van der Waals surface area contributed by atoms with E-state index in [2.05, 4.69) is 15.8 Å². The Morgan fingerprint density at radius 3 is 2.57 bits per heavy atom. The maximum absolute atomic E-state index is 9.50. The Labute approximate surface area is 39.5 Å². The second-order valence-electron chi connectivity index (χ2n) is 0.752. The quantitative estimate of drug-likeness (QED) is 0.353. The van der Waals surface area contributed by atoms with Gasteiger partial charge < -0.3 is 5.11 Å². The first-order chi connectivity index (χ1) is 3.27. The van der Waals surface area contributed by atoms with Crippen LogP contribution in [0.5, 0.6) is 0 Å². The van der Waals surface area contributed by atoms with E-state index in [4.69, 9.17) is 5.11 Å². The predicted octanol–water partition coefficient (Wildman–Crippen LogP) is -1.11. The summed E-state index contributed by atoms with van der Waals surface area (Å²) in [5.74, 6) is 3.17. The molecular formula is C2H5NO4. The van der Waals surface area contributed by atoms with Gasteiger partial charge in [-0.15, -0.1) is 4.99 Å². The van der Waals surface area contributed by atoms with Crippen molar-refractivity contribution < 1.29 is 19.8 Å². The standard InChI is InChI=1S/C2H5NO4/c3-7-6-1-2(4)5/h1,3H2,(H,4,5). The van der Waals surface area contributed by atoms with Crippen LogP contribution in [0.15, 0.2) is 0 Å². The van der Waals surface area contributed by atoms with Crippen LogP contribution in [0, 0.1) is 0 Å². The first-order valence-electron chi connectivity index (χ1n) is 1.47. The first-order valence-corrected chi connectivity index (χ1v) is 1.47. The van der Waals surface area contributed by atoms with Gasteiger partial charge in [-0.1, -0.05) is 0 Å². The van der Waals surface area contributed by atoms with Crippen LogP contribution in [0.4, 0.5) is 0 Å². The molecular weight excluding hydrogens is 102 g/mol. The van der Waals surface area contributed by atoms with E-state index in [-0.39, 0.29) is 0 Å². The smallest absolute Gasteiger partial charge is 0.333 e. The van der Waals surface area contributed by atoms with Crippen LogP contribution < -0.4 is 5.90 Å². The maximum atomic E-state index is 9.50. The molecule has 0 unspecified atom stereocenters. The Hall–Kier alpha value is -0.650. The van der Waals surface area contributed by atoms with Gasteiger partial charge in [0.2, 0.25) is 0 Å². The average Bonchev–Trinajstić information content (AvgIpc) is 1.61. The minimum Gasteiger partial charge on any atom is -0.479 e. The van der Waals surface area contributed by atoms with Gasteiger partial charge in [0, 0.05) is 0 Å². The molecule has 5 heteroatoms. The summed E-state index contributed by atoms with van der Waals surface area (Å²) >= 11 is 0. The molecule has 5 nitrogen and oxygen atoms in total. The van der Waals surface area contributed by atoms with E-state index >= 15 is 0 Å². The Kier molecular flexibility index (Phi) is 3.21. The number of hydrogen-bond donors (Lipinski definition) is 2. The van der Waals surface area contributed by atoms with Crippen LogP contribution in [0.2, 0.25) is 0 Å². The van der Waals surface area contributed by atoms with Crippen molar-refractivity contribution in [2.45, 2.75) is 0 Å². The number of carbonyl (C=O) groups is 1. The molecule has 0 radical (unpaired) electrons. The zero-order chi connectivity index (χ0) is 5.70. The first kappa shape index (κ1) is 6.35. The summed E-state index contributed by atoms with van der Waals surface area (Å²) in [6.07, 6.45) is 0. The summed E-state index contributed by atoms with van der Waals surface area (Å²) in [4.78, 5) is 16.7. The molecule has 0 spiro atoms. The Bertz CT molecular complexity index is 62.7. The zero-order valence-corrected chi connectivity index (χ0v) is 3.46. The molecule has 0 rings (SSSR count). The molecule has 0 atom stereocenters. The van der Waals surface area contributed by atoms with Gasteiger partial charge in [-0.3, -0.25) is 0 Å². The number of carboxylic acid groups (broad SMARTS) is 1. The lowest BCUT2D eigenvalue weighted by Crippen LogP contribution is -2.09. The van der Waals surface area contributed by atoms with Gasteiger partial charge >= 0.3 is 5.97 Å². The number of hydrogen-bond acceptors (Lipinski definition) is 4. The van der Waals surface area contributed by atoms with Gasteiger partial charge in [-0.05, 0) is 0 Å². The highest BCUT2D eigenvalue weighted by atomic mass is 17.3. The second-order valence-corrected chi connectivity index (χ2v) is 0.752. The van der Waals surface area contributed by atoms with Gasteiger partial charge in [0.15, 0.2) is 6.61 Å². The SMILES string of the molecule is NOOCC(=O)O. The summed E-state index contributed by atoms with van der Waals surface area (Å²) in [6.45, 7) is -0.531. The van der Waals surface area contributed by atoms with E-state index in [0.29, 0.717) is 0 Å². The number of nitrogens with two attached hydrogens (primary N) is 1. The van der Waals surface area contributed by atoms with E-state index < -0.39 is 12.6 Å². The third-order valence-electron chi connectivity index (χ3n) is 0.250. The van der Waals surface area contributed by atoms with Crippen molar-refractivity contribution in [2.75, 3.05) is 6.61 Å². The van der Waals surface area contributed by atoms with E-state index in [1.165, 1.54) is 0 Å². The van der Waals surface area contributed by atoms with Gasteiger partial charge in [0.25, 0.3) is 0 Å². The van der Waals surface area contributed by atoms with E-state index in [1.807, 2.05) is 0 Å². The predicted molar refractivity (Wildman–Crippen MR) is 18.9 cm³/mol. The van der Waals surface area contributed by atoms with E-state index in [9.17, 15) is 4.79 Å². The monoisotopic (exact) mass is 107 g/mol. The lowest BCUT2D eigenvalue weighted by Gasteiger charge is -1.88. The fourth-order valence-electron chi connectivity index (χ4n) is 0.0844. The van der Waals surface area contributed by atoms with Crippen molar-refractivity contribution in [3.05, 3.63) is 0 Å². The summed E-state index contributed by atoms with van der Waals surface area (Å²) in [7, 11) is 0. The molecule has 0 saturated heterocycles. The minimum atomic E-state index is -1.12. The Morgan fingerprint density at radius 1 is 1.86 bits per heavy atom. The van der Waals surface area contributed by atoms with Crippen molar-refractivity contribution in [3.8, 4) is 0 Å². The van der Waals surface area contributed by atoms with Crippen LogP contribution in [0.1, 0.15) is 0 Å². The number of rotatable bonds is 3. The molecule has 0 heterocycles. The summed E-state index contributed by atoms with van der Waals surface area (Å²) < 4.78 is 0. The van der Waals surface area contributed by atoms with Crippen LogP contribution >= 0.6 is 0 Å². The van der Waals surface area contributed by atoms with Crippen molar-refractivity contribution in [2.24, 2.45) is 5.90 Å². The van der Waals surface area contributed by atoms with E-state index in [0.717, 1.165) is 0 Å². The topological polar surface area (TPSA) is 81.8 Å². The van der Waals surface area contributed by atoms with Crippen LogP contribution in [-0.2, 0) is 14.7 Å². The molecule has 0 aromatic heterocycles. The van der Waals surface area contributed by atoms with Crippen molar-refractivity contribution >= 4 is 5.97 Å². The zero-order valence-electron chi connectivity index (χ0n) is 3.46. The van der Waals surface area contributed by atoms with Crippen LogP contribution in [0.3, 0.4) is 0 Å². The normalized spacial score (nSPS) is 8.71. The molecule has 3 N–H and O–H groups in total. The minimum absolute atomic E-state index is 0.531. The molecule has 0 aromatic rings. The molecule has 0 aromatic carbocycles. The van der Waals surface area contributed by atoms with Crippen molar-refractivity contribution in [1.82, 2.24) is 0 Å². The van der Waals surface area contributed by atoms with Gasteiger partial charge in [-0.25, -0.2) is 9.68 Å². The lowest BCUT2D eigenvalue weighted by atomic mass is 10.8. The van der Waals surface area contributed by atoms with E-state index in [1.54, 1.807) is 0 Å². The van der Waals surface area contributed by atoms with Crippen LogP contribution in [0.25, 0.3) is 0 Å². The fraction of sp³-hybridized carbons (Fsp3) is 0.500. The maximum Gasteiger partial charge on any atom is 0.333 e. The third-order valence-corrected chi connectivity index (χ3v) is 0.250. The fourth-order valence-corrected chi connectivity index (χ4v) is 0.0844. The lowest BCUT2D eigenvalue weighted by molar-refractivity contribution is -0.296. The third kappa shape index (κ3) is 5.35. The molecule has 0 fully saturated rings. The number of aliphatic carboxylic acids is 1.